The number of hydrogen-bond acceptors (Lipinski definition) is 3. The lowest BCUT2D eigenvalue weighted by Crippen LogP contribution is -2.09. The van der Waals surface area contributed by atoms with Gasteiger partial charge in [0.1, 0.15) is 5.76 Å². The van der Waals surface area contributed by atoms with E-state index in [1.807, 2.05) is 7.05 Å². The van der Waals surface area contributed by atoms with Crippen LogP contribution in [0.1, 0.15) is 37.1 Å². The second kappa shape index (κ2) is 4.60. The van der Waals surface area contributed by atoms with Crippen molar-refractivity contribution in [2.24, 2.45) is 5.92 Å². The predicted molar refractivity (Wildman–Crippen MR) is 54.9 cm³/mol. The van der Waals surface area contributed by atoms with Crippen LogP contribution in [-0.4, -0.2) is 12.0 Å². The minimum absolute atomic E-state index is 0.818. The number of nitrogens with zero attached hydrogens (tertiary/aromatic N) is 1. The van der Waals surface area contributed by atoms with Crippen molar-refractivity contribution >= 4 is 0 Å². The Balaban J connectivity index is 1.96. The highest BCUT2D eigenvalue weighted by molar-refractivity contribution is 5.08. The van der Waals surface area contributed by atoms with E-state index in [0.29, 0.717) is 0 Å². The first-order chi connectivity index (χ1) is 6.90. The zero-order valence-electron chi connectivity index (χ0n) is 8.75. The first-order valence-electron chi connectivity index (χ1n) is 5.46. The summed E-state index contributed by atoms with van der Waals surface area (Å²) in [6, 6.07) is 0. The van der Waals surface area contributed by atoms with Gasteiger partial charge in [0.05, 0.1) is 5.69 Å². The maximum absolute atomic E-state index is 5.43. The average Bonchev–Trinajstić information content (AvgIpc) is 2.80. The van der Waals surface area contributed by atoms with Gasteiger partial charge in [0.2, 0.25) is 0 Å². The number of aromatic nitrogens is 1. The summed E-state index contributed by atoms with van der Waals surface area (Å²) >= 11 is 0. The summed E-state index contributed by atoms with van der Waals surface area (Å²) in [6.07, 6.45) is 8.15. The lowest BCUT2D eigenvalue weighted by atomic mass is 10.0. The van der Waals surface area contributed by atoms with Gasteiger partial charge in [-0.2, -0.15) is 0 Å². The molecule has 0 aliphatic heterocycles. The van der Waals surface area contributed by atoms with Crippen molar-refractivity contribution in [3.8, 4) is 0 Å². The largest absolute Gasteiger partial charge is 0.448 e. The molecule has 3 heteroatoms. The van der Waals surface area contributed by atoms with Gasteiger partial charge in [0, 0.05) is 13.0 Å². The van der Waals surface area contributed by atoms with Gasteiger partial charge in [-0.3, -0.25) is 0 Å². The Morgan fingerprint density at radius 3 is 3.00 bits per heavy atom. The van der Waals surface area contributed by atoms with Gasteiger partial charge < -0.3 is 9.73 Å². The SMILES string of the molecule is CNCc1ncoc1CC1CCCC1. The monoisotopic (exact) mass is 194 g/mol. The maximum atomic E-state index is 5.43. The summed E-state index contributed by atoms with van der Waals surface area (Å²) in [7, 11) is 1.94. The average molecular weight is 194 g/mol. The summed E-state index contributed by atoms with van der Waals surface area (Å²) in [5, 5.41) is 3.11. The summed E-state index contributed by atoms with van der Waals surface area (Å²) in [6.45, 7) is 0.818. The first-order valence-corrected chi connectivity index (χ1v) is 5.46. The highest BCUT2D eigenvalue weighted by Gasteiger charge is 2.18. The molecule has 1 aromatic rings. The third-order valence-corrected chi connectivity index (χ3v) is 3.02. The van der Waals surface area contributed by atoms with Crippen molar-refractivity contribution in [3.05, 3.63) is 17.8 Å². The Bertz CT molecular complexity index is 277. The van der Waals surface area contributed by atoms with Crippen molar-refractivity contribution in [2.45, 2.75) is 38.6 Å². The van der Waals surface area contributed by atoms with Crippen LogP contribution in [0.4, 0.5) is 0 Å². The molecule has 1 fully saturated rings. The Morgan fingerprint density at radius 2 is 2.29 bits per heavy atom. The second-order valence-corrected chi connectivity index (χ2v) is 4.11. The van der Waals surface area contributed by atoms with Crippen LogP contribution in [-0.2, 0) is 13.0 Å². The van der Waals surface area contributed by atoms with E-state index in [1.54, 1.807) is 6.39 Å². The van der Waals surface area contributed by atoms with E-state index in [1.165, 1.54) is 25.7 Å². The Labute approximate surface area is 84.9 Å². The fraction of sp³-hybridized carbons (Fsp3) is 0.727. The molecule has 0 unspecified atom stereocenters. The maximum Gasteiger partial charge on any atom is 0.181 e. The lowest BCUT2D eigenvalue weighted by Gasteiger charge is -2.06. The van der Waals surface area contributed by atoms with E-state index in [2.05, 4.69) is 10.3 Å². The molecule has 1 aliphatic carbocycles. The zero-order valence-corrected chi connectivity index (χ0v) is 8.75. The molecule has 0 atom stereocenters. The third-order valence-electron chi connectivity index (χ3n) is 3.02. The second-order valence-electron chi connectivity index (χ2n) is 4.11. The molecule has 0 bridgehead atoms. The van der Waals surface area contributed by atoms with E-state index < -0.39 is 0 Å². The van der Waals surface area contributed by atoms with Crippen LogP contribution in [0.25, 0.3) is 0 Å². The normalized spacial score (nSPS) is 17.8. The molecular weight excluding hydrogens is 176 g/mol. The fourth-order valence-electron chi connectivity index (χ4n) is 2.25. The quantitative estimate of drug-likeness (QED) is 0.798. The molecule has 0 spiro atoms. The van der Waals surface area contributed by atoms with Crippen LogP contribution < -0.4 is 5.32 Å². The minimum atomic E-state index is 0.818. The van der Waals surface area contributed by atoms with E-state index in [0.717, 1.165) is 30.3 Å². The lowest BCUT2D eigenvalue weighted by molar-refractivity contribution is 0.438. The van der Waals surface area contributed by atoms with Gasteiger partial charge in [-0.25, -0.2) is 4.98 Å². The van der Waals surface area contributed by atoms with Gasteiger partial charge >= 0.3 is 0 Å². The molecule has 2 rings (SSSR count). The van der Waals surface area contributed by atoms with Crippen molar-refractivity contribution in [1.82, 2.24) is 10.3 Å². The van der Waals surface area contributed by atoms with E-state index in [4.69, 9.17) is 4.42 Å². The van der Waals surface area contributed by atoms with Gasteiger partial charge in [0.25, 0.3) is 0 Å². The van der Waals surface area contributed by atoms with Crippen LogP contribution in [0.5, 0.6) is 0 Å². The molecule has 1 N–H and O–H groups in total. The first kappa shape index (κ1) is 9.71. The van der Waals surface area contributed by atoms with Gasteiger partial charge in [-0.15, -0.1) is 0 Å². The number of nitrogens with one attached hydrogen (secondary N) is 1. The molecule has 1 heterocycles. The summed E-state index contributed by atoms with van der Waals surface area (Å²) in [4.78, 5) is 4.22. The highest BCUT2D eigenvalue weighted by atomic mass is 16.3. The number of oxazole rings is 1. The standard InChI is InChI=1S/C11H18N2O/c1-12-7-10-11(14-8-13-10)6-9-4-2-3-5-9/h8-9,12H,2-7H2,1H3. The minimum Gasteiger partial charge on any atom is -0.448 e. The molecule has 0 amide bonds. The molecule has 0 saturated heterocycles. The van der Waals surface area contributed by atoms with Gasteiger partial charge in [-0.05, 0) is 13.0 Å². The molecule has 0 aromatic carbocycles. The molecule has 14 heavy (non-hydrogen) atoms. The molecule has 0 radical (unpaired) electrons. The van der Waals surface area contributed by atoms with Gasteiger partial charge in [0.15, 0.2) is 6.39 Å². The third kappa shape index (κ3) is 2.15. The number of rotatable bonds is 4. The van der Waals surface area contributed by atoms with E-state index in [-0.39, 0.29) is 0 Å². The number of hydrogen-bond donors (Lipinski definition) is 1. The Hall–Kier alpha value is -0.830. The van der Waals surface area contributed by atoms with Crippen molar-refractivity contribution in [3.63, 3.8) is 0 Å². The predicted octanol–water partition coefficient (Wildman–Crippen LogP) is 2.13. The zero-order chi connectivity index (χ0) is 9.80. The van der Waals surface area contributed by atoms with Crippen molar-refractivity contribution < 1.29 is 4.42 Å². The highest BCUT2D eigenvalue weighted by Crippen LogP contribution is 2.28. The Morgan fingerprint density at radius 1 is 1.50 bits per heavy atom. The molecule has 1 aromatic heterocycles. The summed E-state index contributed by atoms with van der Waals surface area (Å²) in [5.41, 5.74) is 1.08. The molecule has 3 nitrogen and oxygen atoms in total. The molecule has 1 aliphatic rings. The Kier molecular flexibility index (Phi) is 3.19. The summed E-state index contributed by atoms with van der Waals surface area (Å²) in [5.74, 6) is 1.92. The summed E-state index contributed by atoms with van der Waals surface area (Å²) < 4.78 is 5.43. The van der Waals surface area contributed by atoms with Crippen LogP contribution >= 0.6 is 0 Å². The van der Waals surface area contributed by atoms with E-state index >= 15 is 0 Å². The smallest absolute Gasteiger partial charge is 0.181 e. The van der Waals surface area contributed by atoms with Crippen LogP contribution in [0, 0.1) is 5.92 Å². The van der Waals surface area contributed by atoms with Crippen LogP contribution in [0.15, 0.2) is 10.8 Å². The molecule has 78 valence electrons. The van der Waals surface area contributed by atoms with E-state index in [9.17, 15) is 0 Å². The fourth-order valence-corrected chi connectivity index (χ4v) is 2.25. The van der Waals surface area contributed by atoms with Crippen LogP contribution in [0.2, 0.25) is 0 Å². The van der Waals surface area contributed by atoms with Crippen LogP contribution in [0.3, 0.4) is 0 Å². The van der Waals surface area contributed by atoms with Crippen molar-refractivity contribution in [2.75, 3.05) is 7.05 Å². The van der Waals surface area contributed by atoms with Gasteiger partial charge in [-0.1, -0.05) is 25.7 Å². The van der Waals surface area contributed by atoms with Crippen molar-refractivity contribution in [1.29, 1.82) is 0 Å². The topological polar surface area (TPSA) is 38.1 Å². The molecule has 1 saturated carbocycles. The molecular formula is C11H18N2O.